The fourth-order valence-electron chi connectivity index (χ4n) is 0.906. The van der Waals surface area contributed by atoms with E-state index in [1.54, 1.807) is 6.08 Å². The Labute approximate surface area is 79.0 Å². The van der Waals surface area contributed by atoms with Crippen molar-refractivity contribution in [1.29, 1.82) is 10.5 Å². The molecule has 0 radical (unpaired) electrons. The number of allylic oxidation sites excluding steroid dienone is 4. The molecule has 0 heterocycles. The first-order chi connectivity index (χ1) is 5.26. The number of hydrogen-bond donors (Lipinski definition) is 0. The SMILES string of the molecule is N#CC1=CC(I)CC(C#N)=C1. The lowest BCUT2D eigenvalue weighted by Crippen LogP contribution is -2.01. The van der Waals surface area contributed by atoms with Crippen molar-refractivity contribution in [2.45, 2.75) is 10.3 Å². The Balaban J connectivity index is 2.93. The summed E-state index contributed by atoms with van der Waals surface area (Å²) in [5.41, 5.74) is 1.30. The predicted octanol–water partition coefficient (Wildman–Crippen LogP) is 2.09. The van der Waals surface area contributed by atoms with Crippen LogP contribution in [0.4, 0.5) is 0 Å². The molecule has 0 aromatic rings. The van der Waals surface area contributed by atoms with E-state index in [1.165, 1.54) is 0 Å². The topological polar surface area (TPSA) is 47.6 Å². The molecule has 1 aliphatic rings. The zero-order chi connectivity index (χ0) is 8.27. The van der Waals surface area contributed by atoms with E-state index in [0.29, 0.717) is 15.1 Å². The lowest BCUT2D eigenvalue weighted by Gasteiger charge is -2.08. The Bertz CT molecular complexity index is 301. The Kier molecular flexibility index (Phi) is 2.67. The van der Waals surface area contributed by atoms with Gasteiger partial charge in [0.2, 0.25) is 0 Å². The molecule has 0 bridgehead atoms. The lowest BCUT2D eigenvalue weighted by molar-refractivity contribution is 1.03. The van der Waals surface area contributed by atoms with Crippen LogP contribution in [0.3, 0.4) is 0 Å². The zero-order valence-corrected chi connectivity index (χ0v) is 7.87. The highest BCUT2D eigenvalue weighted by atomic mass is 127. The number of nitrogens with zero attached hydrogens (tertiary/aromatic N) is 2. The van der Waals surface area contributed by atoms with Gasteiger partial charge in [-0.1, -0.05) is 28.7 Å². The zero-order valence-electron chi connectivity index (χ0n) is 5.71. The molecule has 3 heteroatoms. The lowest BCUT2D eigenvalue weighted by atomic mass is 10.0. The van der Waals surface area contributed by atoms with Crippen LogP contribution in [-0.2, 0) is 0 Å². The van der Waals surface area contributed by atoms with Crippen LogP contribution in [0, 0.1) is 22.7 Å². The molecule has 0 amide bonds. The fraction of sp³-hybridized carbons (Fsp3) is 0.250. The number of nitriles is 2. The molecular formula is C8H5IN2. The second-order valence-electron chi connectivity index (χ2n) is 2.24. The molecule has 54 valence electrons. The first-order valence-corrected chi connectivity index (χ1v) is 4.37. The summed E-state index contributed by atoms with van der Waals surface area (Å²) in [7, 11) is 0. The number of alkyl halides is 1. The first kappa shape index (κ1) is 8.29. The van der Waals surface area contributed by atoms with Crippen molar-refractivity contribution in [2.75, 3.05) is 0 Å². The minimum atomic E-state index is 0.293. The van der Waals surface area contributed by atoms with E-state index in [2.05, 4.69) is 28.7 Å². The van der Waals surface area contributed by atoms with E-state index in [9.17, 15) is 0 Å². The van der Waals surface area contributed by atoms with Crippen molar-refractivity contribution in [2.24, 2.45) is 0 Å². The van der Waals surface area contributed by atoms with Gasteiger partial charge in [-0.2, -0.15) is 10.5 Å². The highest BCUT2D eigenvalue weighted by Gasteiger charge is 2.11. The van der Waals surface area contributed by atoms with Crippen LogP contribution in [0.2, 0.25) is 0 Å². The van der Waals surface area contributed by atoms with Gasteiger partial charge in [-0.3, -0.25) is 0 Å². The Morgan fingerprint density at radius 2 is 2.18 bits per heavy atom. The van der Waals surface area contributed by atoms with E-state index in [4.69, 9.17) is 10.5 Å². The molecule has 0 aromatic carbocycles. The summed E-state index contributed by atoms with van der Waals surface area (Å²) in [6, 6.07) is 4.09. The maximum atomic E-state index is 8.56. The van der Waals surface area contributed by atoms with Crippen LogP contribution in [0.15, 0.2) is 23.3 Å². The maximum absolute atomic E-state index is 8.56. The van der Waals surface area contributed by atoms with Gasteiger partial charge in [-0.25, -0.2) is 0 Å². The maximum Gasteiger partial charge on any atom is 0.0988 e. The van der Waals surface area contributed by atoms with Crippen LogP contribution in [-0.4, -0.2) is 3.92 Å². The molecule has 2 nitrogen and oxygen atoms in total. The Morgan fingerprint density at radius 1 is 1.45 bits per heavy atom. The second-order valence-corrected chi connectivity index (χ2v) is 3.84. The normalized spacial score (nSPS) is 22.6. The summed E-state index contributed by atoms with van der Waals surface area (Å²) in [5, 5.41) is 17.1. The van der Waals surface area contributed by atoms with Gasteiger partial charge in [0, 0.05) is 9.50 Å². The highest BCUT2D eigenvalue weighted by molar-refractivity contribution is 14.1. The number of hydrogen-bond acceptors (Lipinski definition) is 2. The van der Waals surface area contributed by atoms with Gasteiger partial charge >= 0.3 is 0 Å². The van der Waals surface area contributed by atoms with Crippen LogP contribution in [0.5, 0.6) is 0 Å². The van der Waals surface area contributed by atoms with Gasteiger partial charge in [0.25, 0.3) is 0 Å². The summed E-state index contributed by atoms with van der Waals surface area (Å²) >= 11 is 2.21. The third-order valence-corrected chi connectivity index (χ3v) is 2.18. The third-order valence-electron chi connectivity index (χ3n) is 1.38. The quantitative estimate of drug-likeness (QED) is 0.492. The standard InChI is InChI=1S/C8H5IN2/c9-8-2-6(4-10)1-7(3-8)5-11/h1-2,8H,3H2. The van der Waals surface area contributed by atoms with Crippen LogP contribution >= 0.6 is 22.6 Å². The molecule has 1 unspecified atom stereocenters. The molecule has 1 atom stereocenters. The number of halogens is 1. The third kappa shape index (κ3) is 2.06. The molecule has 1 rings (SSSR count). The molecule has 0 saturated carbocycles. The summed E-state index contributed by atoms with van der Waals surface area (Å²) in [4.78, 5) is 0. The minimum Gasteiger partial charge on any atom is -0.193 e. The Hall–Kier alpha value is -0.810. The van der Waals surface area contributed by atoms with E-state index in [-0.39, 0.29) is 0 Å². The van der Waals surface area contributed by atoms with Gasteiger partial charge in [0.1, 0.15) is 0 Å². The largest absolute Gasteiger partial charge is 0.193 e. The van der Waals surface area contributed by atoms with Crippen LogP contribution < -0.4 is 0 Å². The smallest absolute Gasteiger partial charge is 0.0988 e. The van der Waals surface area contributed by atoms with Crippen molar-refractivity contribution in [3.63, 3.8) is 0 Å². The average molecular weight is 256 g/mol. The molecule has 0 N–H and O–H groups in total. The molecular weight excluding hydrogens is 251 g/mol. The molecule has 0 saturated heterocycles. The summed E-state index contributed by atoms with van der Waals surface area (Å²) in [6.45, 7) is 0. The van der Waals surface area contributed by atoms with Gasteiger partial charge in [-0.05, 0) is 12.5 Å². The van der Waals surface area contributed by atoms with Crippen LogP contribution in [0.1, 0.15) is 6.42 Å². The summed E-state index contributed by atoms with van der Waals surface area (Å²) in [5.74, 6) is 0. The van der Waals surface area contributed by atoms with E-state index in [1.807, 2.05) is 12.1 Å². The van der Waals surface area contributed by atoms with Gasteiger partial charge < -0.3 is 0 Å². The molecule has 0 aliphatic heterocycles. The predicted molar refractivity (Wildman–Crippen MR) is 49.8 cm³/mol. The first-order valence-electron chi connectivity index (χ1n) is 3.13. The Morgan fingerprint density at radius 3 is 2.73 bits per heavy atom. The summed E-state index contributed by atoms with van der Waals surface area (Å²) in [6.07, 6.45) is 4.28. The highest BCUT2D eigenvalue weighted by Crippen LogP contribution is 2.22. The van der Waals surface area contributed by atoms with Crippen molar-refractivity contribution >= 4 is 22.6 Å². The molecule has 0 spiro atoms. The van der Waals surface area contributed by atoms with Crippen molar-refractivity contribution < 1.29 is 0 Å². The van der Waals surface area contributed by atoms with Crippen molar-refractivity contribution in [1.82, 2.24) is 0 Å². The fourth-order valence-corrected chi connectivity index (χ4v) is 1.77. The van der Waals surface area contributed by atoms with E-state index in [0.717, 1.165) is 6.42 Å². The van der Waals surface area contributed by atoms with Crippen molar-refractivity contribution in [3.8, 4) is 12.1 Å². The summed E-state index contributed by atoms with van der Waals surface area (Å²) < 4.78 is 0.293. The van der Waals surface area contributed by atoms with Gasteiger partial charge in [0.15, 0.2) is 0 Å². The molecule has 0 aromatic heterocycles. The molecule has 1 aliphatic carbocycles. The monoisotopic (exact) mass is 256 g/mol. The number of rotatable bonds is 0. The van der Waals surface area contributed by atoms with Gasteiger partial charge in [0.05, 0.1) is 17.7 Å². The molecule has 11 heavy (non-hydrogen) atoms. The van der Waals surface area contributed by atoms with Crippen molar-refractivity contribution in [3.05, 3.63) is 23.3 Å². The van der Waals surface area contributed by atoms with Crippen LogP contribution in [0.25, 0.3) is 0 Å². The van der Waals surface area contributed by atoms with Gasteiger partial charge in [-0.15, -0.1) is 0 Å². The average Bonchev–Trinajstić information content (AvgIpc) is 2.03. The second kappa shape index (κ2) is 3.54. The molecule has 0 fully saturated rings. The van der Waals surface area contributed by atoms with E-state index >= 15 is 0 Å². The van der Waals surface area contributed by atoms with E-state index < -0.39 is 0 Å². The minimum absolute atomic E-state index is 0.293.